The molecule has 1 aliphatic rings. The largest absolute Gasteiger partial charge is 0.458 e. The zero-order valence-corrected chi connectivity index (χ0v) is 20.9. The topological polar surface area (TPSA) is 105 Å². The van der Waals surface area contributed by atoms with Crippen molar-refractivity contribution in [2.45, 2.75) is 111 Å². The maximum atomic E-state index is 13.3. The van der Waals surface area contributed by atoms with Crippen molar-refractivity contribution < 1.29 is 29.0 Å². The van der Waals surface area contributed by atoms with E-state index in [1.807, 2.05) is 13.8 Å². The minimum Gasteiger partial charge on any atom is -0.458 e. The van der Waals surface area contributed by atoms with Crippen molar-refractivity contribution in [3.8, 4) is 12.3 Å². The molecule has 0 saturated carbocycles. The number of esters is 1. The van der Waals surface area contributed by atoms with Gasteiger partial charge in [0.15, 0.2) is 0 Å². The Labute approximate surface area is 192 Å². The zero-order valence-electron chi connectivity index (χ0n) is 20.9. The summed E-state index contributed by atoms with van der Waals surface area (Å²) in [7, 11) is 0. The Balaban J connectivity index is 3.58. The molecule has 182 valence electrons. The lowest BCUT2D eigenvalue weighted by molar-refractivity contribution is -0.160. The van der Waals surface area contributed by atoms with Crippen LogP contribution in [-0.2, 0) is 19.1 Å². The van der Waals surface area contributed by atoms with Crippen molar-refractivity contribution in [2.75, 3.05) is 0 Å². The fourth-order valence-corrected chi connectivity index (χ4v) is 4.05. The van der Waals surface area contributed by atoms with Crippen LogP contribution in [0.25, 0.3) is 0 Å². The van der Waals surface area contributed by atoms with Gasteiger partial charge in [-0.05, 0) is 60.3 Å². The van der Waals surface area contributed by atoms with E-state index in [0.29, 0.717) is 6.42 Å². The molecular formula is C24H40N2O6. The zero-order chi connectivity index (χ0) is 25.0. The van der Waals surface area contributed by atoms with Gasteiger partial charge in [0.1, 0.15) is 23.3 Å². The SMILES string of the molecule is C#C[C@@H](O)[C@@H]1C[C@H](C(=O)OC(C)(C)C)N(C(=O)OC(C)(C)C)[C@H]1C(CC(C)C)NC(C)=O. The normalized spacial score (nSPS) is 23.3. The van der Waals surface area contributed by atoms with E-state index in [2.05, 4.69) is 11.2 Å². The molecule has 0 bridgehead atoms. The van der Waals surface area contributed by atoms with E-state index in [9.17, 15) is 19.5 Å². The van der Waals surface area contributed by atoms with E-state index in [-0.39, 0.29) is 18.2 Å². The smallest absolute Gasteiger partial charge is 0.411 e. The van der Waals surface area contributed by atoms with Crippen molar-refractivity contribution in [3.63, 3.8) is 0 Å². The number of likely N-dealkylation sites (tertiary alicyclic amines) is 1. The van der Waals surface area contributed by atoms with E-state index in [0.717, 1.165) is 0 Å². The summed E-state index contributed by atoms with van der Waals surface area (Å²) in [6.07, 6.45) is 4.19. The Morgan fingerprint density at radius 1 is 1.12 bits per heavy atom. The van der Waals surface area contributed by atoms with Crippen LogP contribution in [0.5, 0.6) is 0 Å². The summed E-state index contributed by atoms with van der Waals surface area (Å²) >= 11 is 0. The lowest BCUT2D eigenvalue weighted by Crippen LogP contribution is -2.58. The second-order valence-corrected chi connectivity index (χ2v) is 10.9. The Morgan fingerprint density at radius 3 is 2.06 bits per heavy atom. The summed E-state index contributed by atoms with van der Waals surface area (Å²) in [6.45, 7) is 15.8. The number of hydrogen-bond acceptors (Lipinski definition) is 6. The first kappa shape index (κ1) is 27.8. The van der Waals surface area contributed by atoms with Crippen molar-refractivity contribution in [3.05, 3.63) is 0 Å². The molecule has 2 amide bonds. The van der Waals surface area contributed by atoms with Gasteiger partial charge in [-0.15, -0.1) is 6.42 Å². The summed E-state index contributed by atoms with van der Waals surface area (Å²) in [6, 6.07) is -2.30. The number of carbonyl (C=O) groups is 3. The monoisotopic (exact) mass is 452 g/mol. The van der Waals surface area contributed by atoms with E-state index in [4.69, 9.17) is 15.9 Å². The fourth-order valence-electron chi connectivity index (χ4n) is 4.05. The third-order valence-electron chi connectivity index (χ3n) is 4.98. The maximum absolute atomic E-state index is 13.3. The molecule has 0 aliphatic carbocycles. The third-order valence-corrected chi connectivity index (χ3v) is 4.98. The van der Waals surface area contributed by atoms with Gasteiger partial charge in [-0.3, -0.25) is 9.69 Å². The van der Waals surface area contributed by atoms with Gasteiger partial charge in [-0.2, -0.15) is 0 Å². The van der Waals surface area contributed by atoms with Crippen molar-refractivity contribution in [1.29, 1.82) is 0 Å². The molecule has 1 saturated heterocycles. The van der Waals surface area contributed by atoms with Crippen LogP contribution >= 0.6 is 0 Å². The first-order chi connectivity index (χ1) is 14.5. The molecule has 0 radical (unpaired) electrons. The number of aliphatic hydroxyl groups excluding tert-OH is 1. The molecule has 1 heterocycles. The number of aliphatic hydroxyl groups is 1. The molecule has 1 fully saturated rings. The molecule has 32 heavy (non-hydrogen) atoms. The minimum atomic E-state index is -1.22. The summed E-state index contributed by atoms with van der Waals surface area (Å²) in [5.41, 5.74) is -1.59. The lowest BCUT2D eigenvalue weighted by Gasteiger charge is -2.38. The highest BCUT2D eigenvalue weighted by atomic mass is 16.6. The quantitative estimate of drug-likeness (QED) is 0.474. The molecule has 8 nitrogen and oxygen atoms in total. The summed E-state index contributed by atoms with van der Waals surface area (Å²) < 4.78 is 11.2. The van der Waals surface area contributed by atoms with Gasteiger partial charge in [0, 0.05) is 12.8 Å². The molecule has 0 aromatic heterocycles. The maximum Gasteiger partial charge on any atom is 0.411 e. The van der Waals surface area contributed by atoms with Crippen LogP contribution in [0.2, 0.25) is 0 Å². The van der Waals surface area contributed by atoms with Gasteiger partial charge in [0.05, 0.1) is 12.1 Å². The Kier molecular flexibility index (Phi) is 9.17. The Hall–Kier alpha value is -2.27. The standard InChI is InChI=1S/C24H40N2O6/c1-11-19(28)16-13-18(21(29)31-23(5,6)7)26(22(30)32-24(8,9)10)20(16)17(12-14(2)3)25-15(4)27/h1,14,16-20,28H,12-13H2,2-10H3,(H,25,27)/t16-,17?,18+,19+,20+/m0/s1. The average molecular weight is 453 g/mol. The highest BCUT2D eigenvalue weighted by Gasteiger charge is 2.54. The number of nitrogens with zero attached hydrogens (tertiary/aromatic N) is 1. The molecular weight excluding hydrogens is 412 g/mol. The average Bonchev–Trinajstić information content (AvgIpc) is 2.97. The van der Waals surface area contributed by atoms with Crippen LogP contribution in [0.3, 0.4) is 0 Å². The molecule has 0 spiro atoms. The number of carbonyl (C=O) groups excluding carboxylic acids is 3. The lowest BCUT2D eigenvalue weighted by atomic mass is 9.85. The van der Waals surface area contributed by atoms with E-state index in [1.54, 1.807) is 41.5 Å². The second-order valence-electron chi connectivity index (χ2n) is 10.9. The number of amides is 2. The predicted octanol–water partition coefficient (Wildman–Crippen LogP) is 2.87. The molecule has 1 unspecified atom stereocenters. The third kappa shape index (κ3) is 8.01. The molecule has 0 aromatic carbocycles. The van der Waals surface area contributed by atoms with Gasteiger partial charge in [-0.25, -0.2) is 9.59 Å². The van der Waals surface area contributed by atoms with Crippen molar-refractivity contribution in [2.24, 2.45) is 11.8 Å². The van der Waals surface area contributed by atoms with Crippen LogP contribution in [0, 0.1) is 24.2 Å². The van der Waals surface area contributed by atoms with Crippen LogP contribution < -0.4 is 5.32 Å². The summed E-state index contributed by atoms with van der Waals surface area (Å²) in [4.78, 5) is 39.8. The van der Waals surface area contributed by atoms with Crippen LogP contribution in [0.1, 0.15) is 75.2 Å². The highest BCUT2D eigenvalue weighted by molar-refractivity contribution is 5.83. The number of hydrogen-bond donors (Lipinski definition) is 2. The predicted molar refractivity (Wildman–Crippen MR) is 122 cm³/mol. The van der Waals surface area contributed by atoms with Crippen LogP contribution in [0.4, 0.5) is 4.79 Å². The molecule has 2 N–H and O–H groups in total. The van der Waals surface area contributed by atoms with Crippen LogP contribution in [-0.4, -0.2) is 63.4 Å². The molecule has 8 heteroatoms. The number of terminal acetylenes is 1. The summed E-state index contributed by atoms with van der Waals surface area (Å²) in [5.74, 6) is 0.949. The van der Waals surface area contributed by atoms with Gasteiger partial charge in [0.2, 0.25) is 5.91 Å². The fraction of sp³-hybridized carbons (Fsp3) is 0.792. The van der Waals surface area contributed by atoms with E-state index >= 15 is 0 Å². The summed E-state index contributed by atoms with van der Waals surface area (Å²) in [5, 5.41) is 13.5. The van der Waals surface area contributed by atoms with Crippen molar-refractivity contribution >= 4 is 18.0 Å². The van der Waals surface area contributed by atoms with Gasteiger partial charge in [-0.1, -0.05) is 19.8 Å². The van der Waals surface area contributed by atoms with E-state index in [1.165, 1.54) is 11.8 Å². The highest BCUT2D eigenvalue weighted by Crippen LogP contribution is 2.38. The van der Waals surface area contributed by atoms with E-state index < -0.39 is 53.4 Å². The minimum absolute atomic E-state index is 0.0956. The Bertz CT molecular complexity index is 728. The number of nitrogens with one attached hydrogen (secondary N) is 1. The Morgan fingerprint density at radius 2 is 1.66 bits per heavy atom. The molecule has 1 aliphatic heterocycles. The van der Waals surface area contributed by atoms with Gasteiger partial charge >= 0.3 is 12.1 Å². The van der Waals surface area contributed by atoms with Gasteiger partial charge in [0.25, 0.3) is 0 Å². The molecule has 1 rings (SSSR count). The number of ether oxygens (including phenoxy) is 2. The van der Waals surface area contributed by atoms with Crippen molar-refractivity contribution in [1.82, 2.24) is 10.2 Å². The molecule has 0 aromatic rings. The van der Waals surface area contributed by atoms with Gasteiger partial charge < -0.3 is 19.9 Å². The second kappa shape index (κ2) is 10.6. The molecule has 5 atom stereocenters. The number of rotatable bonds is 6. The first-order valence-corrected chi connectivity index (χ1v) is 11.1. The first-order valence-electron chi connectivity index (χ1n) is 11.1. The van der Waals surface area contributed by atoms with Crippen LogP contribution in [0.15, 0.2) is 0 Å².